The van der Waals surface area contributed by atoms with Crippen molar-refractivity contribution in [1.29, 1.82) is 5.26 Å². The van der Waals surface area contributed by atoms with Gasteiger partial charge < -0.3 is 13.9 Å². The van der Waals surface area contributed by atoms with Crippen molar-refractivity contribution in [2.45, 2.75) is 18.9 Å². The zero-order valence-electron chi connectivity index (χ0n) is 15.0. The molecular weight excluding hydrogens is 359 g/mol. The molecule has 2 aromatic heterocycles. The van der Waals surface area contributed by atoms with Crippen molar-refractivity contribution < 1.29 is 8.81 Å². The molecule has 0 unspecified atom stereocenters. The summed E-state index contributed by atoms with van der Waals surface area (Å²) in [6, 6.07) is 13.5. The minimum atomic E-state index is -0.384. The van der Waals surface area contributed by atoms with Crippen molar-refractivity contribution in [3.05, 3.63) is 70.0 Å². The number of benzene rings is 1. The number of nitrogens with zero attached hydrogens (tertiary/aromatic N) is 4. The van der Waals surface area contributed by atoms with Crippen LogP contribution in [0.5, 0.6) is 0 Å². The average Bonchev–Trinajstić information content (AvgIpc) is 3.13. The maximum absolute atomic E-state index is 13.6. The number of nitriles is 1. The maximum atomic E-state index is 13.6. The van der Waals surface area contributed by atoms with E-state index in [0.29, 0.717) is 37.0 Å². The molecule has 2 bridgehead atoms. The number of halogens is 1. The lowest BCUT2D eigenvalue weighted by molar-refractivity contribution is 0.275. The third-order valence-corrected chi connectivity index (χ3v) is 5.55. The molecule has 2 aliphatic rings. The summed E-state index contributed by atoms with van der Waals surface area (Å²) >= 11 is 0. The molecule has 140 valence electrons. The molecule has 1 saturated heterocycles. The van der Waals surface area contributed by atoms with Crippen LogP contribution in [0.4, 0.5) is 10.3 Å². The third-order valence-electron chi connectivity index (χ3n) is 5.55. The Morgan fingerprint density at radius 3 is 2.86 bits per heavy atom. The third kappa shape index (κ3) is 2.69. The highest BCUT2D eigenvalue weighted by Gasteiger charge is 2.36. The predicted octanol–water partition coefficient (Wildman–Crippen LogP) is 3.14. The Hall–Kier alpha value is -3.40. The van der Waals surface area contributed by atoms with Crippen LogP contribution in [0.1, 0.15) is 23.7 Å². The normalized spacial score (nSPS) is 20.5. The van der Waals surface area contributed by atoms with Crippen molar-refractivity contribution in [3.8, 4) is 17.5 Å². The van der Waals surface area contributed by atoms with Gasteiger partial charge in [0.2, 0.25) is 17.5 Å². The van der Waals surface area contributed by atoms with Gasteiger partial charge in [-0.05, 0) is 36.6 Å². The summed E-state index contributed by atoms with van der Waals surface area (Å²) in [5, 5.41) is 9.54. The van der Waals surface area contributed by atoms with Gasteiger partial charge in [-0.15, -0.1) is 0 Å². The molecule has 5 rings (SSSR count). The molecule has 0 N–H and O–H groups in total. The summed E-state index contributed by atoms with van der Waals surface area (Å²) in [6.07, 6.45) is 1.01. The standard InChI is InChI=1S/C21H17FN4O2/c22-16-4-1-3-14(8-16)20-24-17(9-23)21(28-20)25-10-13-7-15(12-25)18-5-2-6-19(27)26(18)11-13/h1-6,8,13,15H,7,10-12H2/t13-,15+/m1/s1. The lowest BCUT2D eigenvalue weighted by Crippen LogP contribution is -2.47. The Morgan fingerprint density at radius 1 is 1.18 bits per heavy atom. The van der Waals surface area contributed by atoms with Crippen molar-refractivity contribution >= 4 is 5.88 Å². The van der Waals surface area contributed by atoms with E-state index in [4.69, 9.17) is 4.42 Å². The van der Waals surface area contributed by atoms with E-state index in [9.17, 15) is 14.4 Å². The highest BCUT2D eigenvalue weighted by molar-refractivity contribution is 5.60. The Kier molecular flexibility index (Phi) is 3.79. The summed E-state index contributed by atoms with van der Waals surface area (Å²) < 4.78 is 21.3. The molecule has 0 saturated carbocycles. The molecule has 6 nitrogen and oxygen atoms in total. The zero-order chi connectivity index (χ0) is 19.3. The van der Waals surface area contributed by atoms with Crippen LogP contribution >= 0.6 is 0 Å². The van der Waals surface area contributed by atoms with E-state index < -0.39 is 0 Å². The van der Waals surface area contributed by atoms with E-state index >= 15 is 0 Å². The Balaban J connectivity index is 1.51. The first kappa shape index (κ1) is 16.8. The molecule has 7 heteroatoms. The van der Waals surface area contributed by atoms with Crippen LogP contribution < -0.4 is 10.5 Å². The van der Waals surface area contributed by atoms with Crippen LogP contribution in [-0.2, 0) is 6.54 Å². The summed E-state index contributed by atoms with van der Waals surface area (Å²) in [5.41, 5.74) is 1.75. The van der Waals surface area contributed by atoms with Gasteiger partial charge in [0.1, 0.15) is 11.9 Å². The van der Waals surface area contributed by atoms with E-state index in [0.717, 1.165) is 12.1 Å². The highest BCUT2D eigenvalue weighted by Crippen LogP contribution is 2.38. The maximum Gasteiger partial charge on any atom is 0.250 e. The lowest BCUT2D eigenvalue weighted by Gasteiger charge is -2.42. The average molecular weight is 376 g/mol. The Bertz CT molecular complexity index is 1160. The smallest absolute Gasteiger partial charge is 0.250 e. The van der Waals surface area contributed by atoms with Gasteiger partial charge in [-0.25, -0.2) is 4.39 Å². The second kappa shape index (κ2) is 6.34. The van der Waals surface area contributed by atoms with Crippen LogP contribution in [0.15, 0.2) is 51.7 Å². The van der Waals surface area contributed by atoms with Crippen LogP contribution in [0.3, 0.4) is 0 Å². The van der Waals surface area contributed by atoms with Crippen molar-refractivity contribution in [2.75, 3.05) is 18.0 Å². The number of rotatable bonds is 2. The fourth-order valence-electron chi connectivity index (χ4n) is 4.41. The first-order valence-corrected chi connectivity index (χ1v) is 9.24. The van der Waals surface area contributed by atoms with Crippen molar-refractivity contribution in [2.24, 2.45) is 5.92 Å². The van der Waals surface area contributed by atoms with Gasteiger partial charge in [0.05, 0.1) is 0 Å². The van der Waals surface area contributed by atoms with Crippen LogP contribution in [0.2, 0.25) is 0 Å². The van der Waals surface area contributed by atoms with Gasteiger partial charge in [0, 0.05) is 42.9 Å². The number of anilines is 1. The van der Waals surface area contributed by atoms with Gasteiger partial charge in [0.25, 0.3) is 5.56 Å². The van der Waals surface area contributed by atoms with Crippen LogP contribution in [-0.4, -0.2) is 22.6 Å². The summed E-state index contributed by atoms with van der Waals surface area (Å²) in [4.78, 5) is 18.5. The first-order chi connectivity index (χ1) is 13.6. The molecule has 2 atom stereocenters. The van der Waals surface area contributed by atoms with E-state index in [1.807, 2.05) is 15.5 Å². The second-order valence-electron chi connectivity index (χ2n) is 7.40. The monoisotopic (exact) mass is 376 g/mol. The fourth-order valence-corrected chi connectivity index (χ4v) is 4.41. The predicted molar refractivity (Wildman–Crippen MR) is 100 cm³/mol. The molecular formula is C21H17FN4O2. The number of piperidine rings is 1. The zero-order valence-corrected chi connectivity index (χ0v) is 15.0. The molecule has 1 aromatic carbocycles. The molecule has 4 heterocycles. The number of hydrogen-bond donors (Lipinski definition) is 0. The summed E-state index contributed by atoms with van der Waals surface area (Å²) in [5.74, 6) is 0.753. The summed E-state index contributed by atoms with van der Waals surface area (Å²) in [7, 11) is 0. The van der Waals surface area contributed by atoms with Gasteiger partial charge >= 0.3 is 0 Å². The molecule has 0 amide bonds. The quantitative estimate of drug-likeness (QED) is 0.687. The van der Waals surface area contributed by atoms with E-state index in [2.05, 4.69) is 11.1 Å². The minimum absolute atomic E-state index is 0.0337. The second-order valence-corrected chi connectivity index (χ2v) is 7.40. The molecule has 2 aliphatic heterocycles. The van der Waals surface area contributed by atoms with Gasteiger partial charge in [-0.1, -0.05) is 12.1 Å². The molecule has 28 heavy (non-hydrogen) atoms. The van der Waals surface area contributed by atoms with E-state index in [-0.39, 0.29) is 28.9 Å². The number of fused-ring (bicyclic) bond motifs is 4. The molecule has 0 radical (unpaired) electrons. The fraction of sp³-hybridized carbons (Fsp3) is 0.286. The number of pyridine rings is 1. The first-order valence-electron chi connectivity index (χ1n) is 9.24. The number of oxazole rings is 1. The number of hydrogen-bond acceptors (Lipinski definition) is 5. The Labute approximate surface area is 160 Å². The summed E-state index contributed by atoms with van der Waals surface area (Å²) in [6.45, 7) is 1.99. The number of aromatic nitrogens is 2. The largest absolute Gasteiger partial charge is 0.419 e. The molecule has 0 aliphatic carbocycles. The van der Waals surface area contributed by atoms with Gasteiger partial charge in [-0.2, -0.15) is 10.2 Å². The van der Waals surface area contributed by atoms with E-state index in [1.54, 1.807) is 24.3 Å². The van der Waals surface area contributed by atoms with Gasteiger partial charge in [0.15, 0.2) is 0 Å². The molecule has 3 aromatic rings. The SMILES string of the molecule is N#Cc1nc(-c2cccc(F)c2)oc1N1C[C@H]2C[C@@H](C1)c1cccc(=O)n1C2. The highest BCUT2D eigenvalue weighted by atomic mass is 19.1. The van der Waals surface area contributed by atoms with Crippen LogP contribution in [0, 0.1) is 23.1 Å². The lowest BCUT2D eigenvalue weighted by atomic mass is 9.83. The van der Waals surface area contributed by atoms with Gasteiger partial charge in [-0.3, -0.25) is 4.79 Å². The van der Waals surface area contributed by atoms with Crippen molar-refractivity contribution in [3.63, 3.8) is 0 Å². The van der Waals surface area contributed by atoms with Crippen molar-refractivity contribution in [1.82, 2.24) is 9.55 Å². The Morgan fingerprint density at radius 2 is 2.04 bits per heavy atom. The minimum Gasteiger partial charge on any atom is -0.419 e. The molecule has 0 spiro atoms. The van der Waals surface area contributed by atoms with E-state index in [1.165, 1.54) is 12.1 Å². The molecule has 1 fully saturated rings. The topological polar surface area (TPSA) is 75.1 Å². The van der Waals surface area contributed by atoms with Crippen LogP contribution in [0.25, 0.3) is 11.5 Å².